The number of β-amino-alcohol motifs (C(OH)–C–C–N with tert-alkyl or cyclic N) is 1. The first-order chi connectivity index (χ1) is 7.83. The smallest absolute Gasteiger partial charge is 0.323 e. The number of carbonyl (C=O) groups excluding carboxylic acids is 1. The first-order valence-corrected chi connectivity index (χ1v) is 6.09. The van der Waals surface area contributed by atoms with Gasteiger partial charge in [-0.2, -0.15) is 0 Å². The van der Waals surface area contributed by atoms with Gasteiger partial charge in [-0.1, -0.05) is 0 Å². The molecule has 0 bridgehead atoms. The minimum absolute atomic E-state index is 0.236. The zero-order valence-corrected chi connectivity index (χ0v) is 10.8. The average Bonchev–Trinajstić information content (AvgIpc) is 2.63. The monoisotopic (exact) mass is 245 g/mol. The molecule has 0 spiro atoms. The molecule has 2 atom stereocenters. The van der Waals surface area contributed by atoms with Crippen molar-refractivity contribution in [2.45, 2.75) is 51.4 Å². The summed E-state index contributed by atoms with van der Waals surface area (Å²) in [5, 5.41) is 18.2. The Morgan fingerprint density at radius 1 is 1.53 bits per heavy atom. The lowest BCUT2D eigenvalue weighted by atomic mass is 10.1. The maximum atomic E-state index is 11.9. The molecule has 0 radical (unpaired) electrons. The number of carbonyl (C=O) groups is 1. The molecule has 0 amide bonds. The number of nitrogens with zero attached hydrogens (tertiary/aromatic N) is 1. The molecule has 2 N–H and O–H groups in total. The molecule has 0 saturated carbocycles. The highest BCUT2D eigenvalue weighted by molar-refractivity contribution is 5.76. The molecule has 1 unspecified atom stereocenters. The largest absolute Gasteiger partial charge is 0.459 e. The number of hydrogen-bond acceptors (Lipinski definition) is 5. The maximum absolute atomic E-state index is 11.9. The summed E-state index contributed by atoms with van der Waals surface area (Å²) < 4.78 is 5.34. The van der Waals surface area contributed by atoms with Gasteiger partial charge in [0, 0.05) is 6.54 Å². The predicted octanol–water partition coefficient (Wildman–Crippen LogP) is 0.146. The summed E-state index contributed by atoms with van der Waals surface area (Å²) in [4.78, 5) is 13.8. The summed E-state index contributed by atoms with van der Waals surface area (Å²) in [5.74, 6) is -0.236. The van der Waals surface area contributed by atoms with Crippen LogP contribution >= 0.6 is 0 Å². The van der Waals surface area contributed by atoms with Crippen molar-refractivity contribution >= 4 is 5.97 Å². The predicted molar refractivity (Wildman–Crippen MR) is 63.5 cm³/mol. The Hall–Kier alpha value is -0.650. The van der Waals surface area contributed by atoms with Crippen LogP contribution in [0.4, 0.5) is 0 Å². The quantitative estimate of drug-likeness (QED) is 0.690. The first-order valence-electron chi connectivity index (χ1n) is 6.09. The fourth-order valence-electron chi connectivity index (χ4n) is 2.01. The van der Waals surface area contributed by atoms with Gasteiger partial charge in [-0.05, 0) is 40.2 Å². The zero-order chi connectivity index (χ0) is 13.1. The van der Waals surface area contributed by atoms with E-state index in [1.54, 1.807) is 0 Å². The van der Waals surface area contributed by atoms with E-state index in [4.69, 9.17) is 9.84 Å². The maximum Gasteiger partial charge on any atom is 0.323 e. The van der Waals surface area contributed by atoms with E-state index in [1.807, 2.05) is 25.7 Å². The van der Waals surface area contributed by atoms with E-state index < -0.39 is 11.7 Å². The highest BCUT2D eigenvalue weighted by Gasteiger charge is 2.34. The van der Waals surface area contributed by atoms with Crippen molar-refractivity contribution < 1.29 is 19.7 Å². The lowest BCUT2D eigenvalue weighted by Gasteiger charge is -2.28. The van der Waals surface area contributed by atoms with E-state index in [0.717, 1.165) is 19.4 Å². The fraction of sp³-hybridized carbons (Fsp3) is 0.917. The van der Waals surface area contributed by atoms with Crippen LogP contribution in [-0.2, 0) is 9.53 Å². The lowest BCUT2D eigenvalue weighted by Crippen LogP contribution is -2.44. The van der Waals surface area contributed by atoms with Crippen LogP contribution in [0.5, 0.6) is 0 Å². The SMILES string of the molecule is CC(C)(C)OC(=O)[C@@H]1CCCN1CC(O)CO. The van der Waals surface area contributed by atoms with Gasteiger partial charge >= 0.3 is 5.97 Å². The van der Waals surface area contributed by atoms with E-state index in [-0.39, 0.29) is 18.6 Å². The van der Waals surface area contributed by atoms with Crippen LogP contribution in [0.2, 0.25) is 0 Å². The van der Waals surface area contributed by atoms with Gasteiger partial charge in [0.05, 0.1) is 12.7 Å². The molecule has 0 aromatic carbocycles. The molecule has 0 aromatic heterocycles. The summed E-state index contributed by atoms with van der Waals surface area (Å²) in [6.45, 7) is 6.32. The molecule has 1 fully saturated rings. The van der Waals surface area contributed by atoms with Gasteiger partial charge in [0.1, 0.15) is 11.6 Å². The molecule has 0 aromatic rings. The van der Waals surface area contributed by atoms with Crippen LogP contribution in [0.3, 0.4) is 0 Å². The third kappa shape index (κ3) is 4.61. The van der Waals surface area contributed by atoms with E-state index in [9.17, 15) is 9.90 Å². The third-order valence-corrected chi connectivity index (χ3v) is 2.70. The van der Waals surface area contributed by atoms with Crippen LogP contribution in [0.25, 0.3) is 0 Å². The van der Waals surface area contributed by atoms with Crippen LogP contribution in [0, 0.1) is 0 Å². The van der Waals surface area contributed by atoms with E-state index in [2.05, 4.69) is 0 Å². The van der Waals surface area contributed by atoms with Crippen LogP contribution in [0.15, 0.2) is 0 Å². The third-order valence-electron chi connectivity index (χ3n) is 2.70. The second-order valence-electron chi connectivity index (χ2n) is 5.52. The normalized spacial score (nSPS) is 23.7. The van der Waals surface area contributed by atoms with Gasteiger partial charge in [0.15, 0.2) is 0 Å². The number of hydrogen-bond donors (Lipinski definition) is 2. The van der Waals surface area contributed by atoms with Crippen LogP contribution in [0.1, 0.15) is 33.6 Å². The Kier molecular flexibility index (Phi) is 4.91. The van der Waals surface area contributed by atoms with E-state index in [0.29, 0.717) is 6.54 Å². The van der Waals surface area contributed by atoms with E-state index >= 15 is 0 Å². The van der Waals surface area contributed by atoms with Crippen LogP contribution in [-0.4, -0.2) is 58.5 Å². The molecule has 5 nitrogen and oxygen atoms in total. The molecule has 1 rings (SSSR count). The number of esters is 1. The minimum Gasteiger partial charge on any atom is -0.459 e. The molecule has 1 aliphatic heterocycles. The molecular weight excluding hydrogens is 222 g/mol. The highest BCUT2D eigenvalue weighted by Crippen LogP contribution is 2.21. The number of ether oxygens (including phenoxy) is 1. The van der Waals surface area contributed by atoms with Gasteiger partial charge in [0.2, 0.25) is 0 Å². The second kappa shape index (κ2) is 5.80. The number of aliphatic hydroxyl groups is 2. The Bertz CT molecular complexity index is 262. The van der Waals surface area contributed by atoms with Gasteiger partial charge in [-0.15, -0.1) is 0 Å². The molecule has 17 heavy (non-hydrogen) atoms. The molecular formula is C12H23NO4. The minimum atomic E-state index is -0.793. The number of likely N-dealkylation sites (tertiary alicyclic amines) is 1. The van der Waals surface area contributed by atoms with Crippen molar-refractivity contribution in [1.82, 2.24) is 4.90 Å². The number of aliphatic hydroxyl groups excluding tert-OH is 2. The first kappa shape index (κ1) is 14.4. The van der Waals surface area contributed by atoms with Crippen molar-refractivity contribution in [3.05, 3.63) is 0 Å². The summed E-state index contributed by atoms with van der Waals surface area (Å²) >= 11 is 0. The Labute approximate surface area is 102 Å². The molecule has 1 aliphatic rings. The Morgan fingerprint density at radius 2 is 2.18 bits per heavy atom. The fourth-order valence-corrected chi connectivity index (χ4v) is 2.01. The number of rotatable bonds is 4. The van der Waals surface area contributed by atoms with E-state index in [1.165, 1.54) is 0 Å². The van der Waals surface area contributed by atoms with Crippen molar-refractivity contribution in [1.29, 1.82) is 0 Å². The van der Waals surface area contributed by atoms with Gasteiger partial charge in [-0.25, -0.2) is 0 Å². The molecule has 1 heterocycles. The van der Waals surface area contributed by atoms with Crippen molar-refractivity contribution in [3.63, 3.8) is 0 Å². The highest BCUT2D eigenvalue weighted by atomic mass is 16.6. The Morgan fingerprint density at radius 3 is 2.71 bits per heavy atom. The van der Waals surface area contributed by atoms with Crippen LogP contribution < -0.4 is 0 Å². The lowest BCUT2D eigenvalue weighted by molar-refractivity contribution is -0.160. The molecule has 1 saturated heterocycles. The average molecular weight is 245 g/mol. The van der Waals surface area contributed by atoms with Crippen molar-refractivity contribution in [3.8, 4) is 0 Å². The molecule has 0 aliphatic carbocycles. The standard InChI is InChI=1S/C12H23NO4/c1-12(2,3)17-11(16)10-5-4-6-13(10)7-9(15)8-14/h9-10,14-15H,4-8H2,1-3H3/t9?,10-/m0/s1. The zero-order valence-electron chi connectivity index (χ0n) is 10.8. The summed E-state index contributed by atoms with van der Waals surface area (Å²) in [5.41, 5.74) is -0.485. The summed E-state index contributed by atoms with van der Waals surface area (Å²) in [6.07, 6.45) is 0.882. The summed E-state index contributed by atoms with van der Waals surface area (Å²) in [6, 6.07) is -0.282. The van der Waals surface area contributed by atoms with Gasteiger partial charge in [-0.3, -0.25) is 9.69 Å². The van der Waals surface area contributed by atoms with Crippen molar-refractivity contribution in [2.75, 3.05) is 19.7 Å². The topological polar surface area (TPSA) is 70.0 Å². The summed E-state index contributed by atoms with van der Waals surface area (Å²) in [7, 11) is 0. The van der Waals surface area contributed by atoms with Crippen molar-refractivity contribution in [2.24, 2.45) is 0 Å². The van der Waals surface area contributed by atoms with Gasteiger partial charge < -0.3 is 14.9 Å². The molecule has 100 valence electrons. The Balaban J connectivity index is 2.54. The molecule has 5 heteroatoms. The second-order valence-corrected chi connectivity index (χ2v) is 5.52. The van der Waals surface area contributed by atoms with Gasteiger partial charge in [0.25, 0.3) is 0 Å².